The molecule has 3 rings (SSSR count). The maximum Gasteiger partial charge on any atom is 0.304 e. The highest BCUT2D eigenvalue weighted by Gasteiger charge is 2.19. The van der Waals surface area contributed by atoms with Gasteiger partial charge in [0, 0.05) is 55.0 Å². The largest absolute Gasteiger partial charge is 0.481 e. The SMILES string of the molecule is O=C(O)CCN1CCN(c2ccnc3cc(Cl)ccc23)CC1. The minimum Gasteiger partial charge on any atom is -0.481 e. The van der Waals surface area contributed by atoms with Crippen LogP contribution in [0.4, 0.5) is 5.69 Å². The van der Waals surface area contributed by atoms with Crippen LogP contribution in [0.25, 0.3) is 10.9 Å². The number of hydrogen-bond donors (Lipinski definition) is 1. The first kappa shape index (κ1) is 15.1. The van der Waals surface area contributed by atoms with E-state index in [4.69, 9.17) is 16.7 Å². The summed E-state index contributed by atoms with van der Waals surface area (Å²) in [5, 5.41) is 10.6. The van der Waals surface area contributed by atoms with Gasteiger partial charge in [-0.2, -0.15) is 0 Å². The third-order valence-corrected chi connectivity index (χ3v) is 4.27. The number of pyridine rings is 1. The standard InChI is InChI=1S/C16H18ClN3O2/c17-12-1-2-13-14(11-12)18-5-3-15(13)20-9-7-19(8-10-20)6-4-16(21)22/h1-3,5,11H,4,6-10H2,(H,21,22). The molecule has 116 valence electrons. The molecule has 0 amide bonds. The lowest BCUT2D eigenvalue weighted by Gasteiger charge is -2.36. The molecular weight excluding hydrogens is 302 g/mol. The van der Waals surface area contributed by atoms with Crippen molar-refractivity contribution >= 4 is 34.2 Å². The number of carboxylic acids is 1. The molecule has 1 aromatic heterocycles. The molecule has 0 radical (unpaired) electrons. The van der Waals surface area contributed by atoms with Crippen molar-refractivity contribution in [3.63, 3.8) is 0 Å². The molecule has 1 saturated heterocycles. The molecule has 1 fully saturated rings. The van der Waals surface area contributed by atoms with E-state index in [-0.39, 0.29) is 6.42 Å². The van der Waals surface area contributed by atoms with Gasteiger partial charge in [0.05, 0.1) is 11.9 Å². The molecule has 1 N–H and O–H groups in total. The second kappa shape index (κ2) is 6.50. The fourth-order valence-corrected chi connectivity index (χ4v) is 3.01. The fraction of sp³-hybridized carbons (Fsp3) is 0.375. The Bertz CT molecular complexity index is 684. The van der Waals surface area contributed by atoms with E-state index in [9.17, 15) is 4.79 Å². The molecular formula is C16H18ClN3O2. The second-order valence-electron chi connectivity index (χ2n) is 5.46. The summed E-state index contributed by atoms with van der Waals surface area (Å²) in [6.07, 6.45) is 2.02. The Kier molecular flexibility index (Phi) is 4.45. The summed E-state index contributed by atoms with van der Waals surface area (Å²) in [7, 11) is 0. The van der Waals surface area contributed by atoms with Crippen LogP contribution >= 0.6 is 11.6 Å². The predicted octanol–water partition coefficient (Wildman–Crippen LogP) is 2.48. The third kappa shape index (κ3) is 3.31. The van der Waals surface area contributed by atoms with Crippen LogP contribution in [0.3, 0.4) is 0 Å². The maximum absolute atomic E-state index is 10.6. The molecule has 0 spiro atoms. The molecule has 22 heavy (non-hydrogen) atoms. The van der Waals surface area contributed by atoms with Gasteiger partial charge in [-0.05, 0) is 24.3 Å². The van der Waals surface area contributed by atoms with Crippen LogP contribution < -0.4 is 4.90 Å². The average Bonchev–Trinajstić information content (AvgIpc) is 2.52. The Labute approximate surface area is 134 Å². The second-order valence-corrected chi connectivity index (χ2v) is 5.90. The molecule has 0 atom stereocenters. The lowest BCUT2D eigenvalue weighted by molar-refractivity contribution is -0.137. The van der Waals surface area contributed by atoms with Crippen LogP contribution in [0, 0.1) is 0 Å². The predicted molar refractivity (Wildman–Crippen MR) is 87.7 cm³/mol. The minimum absolute atomic E-state index is 0.205. The first-order chi connectivity index (χ1) is 10.6. The number of fused-ring (bicyclic) bond motifs is 1. The van der Waals surface area contributed by atoms with Crippen molar-refractivity contribution in [3.8, 4) is 0 Å². The summed E-state index contributed by atoms with van der Waals surface area (Å²) in [5.74, 6) is -0.737. The molecule has 0 saturated carbocycles. The normalized spacial score (nSPS) is 16.1. The van der Waals surface area contributed by atoms with Gasteiger partial charge in [0.25, 0.3) is 0 Å². The highest BCUT2D eigenvalue weighted by Crippen LogP contribution is 2.28. The van der Waals surface area contributed by atoms with E-state index >= 15 is 0 Å². The van der Waals surface area contributed by atoms with Gasteiger partial charge in [0.2, 0.25) is 0 Å². The number of aliphatic carboxylic acids is 1. The van der Waals surface area contributed by atoms with Crippen LogP contribution in [0.5, 0.6) is 0 Å². The van der Waals surface area contributed by atoms with Gasteiger partial charge < -0.3 is 10.0 Å². The van der Waals surface area contributed by atoms with E-state index in [1.807, 2.05) is 30.5 Å². The highest BCUT2D eigenvalue weighted by atomic mass is 35.5. The van der Waals surface area contributed by atoms with E-state index in [0.29, 0.717) is 11.6 Å². The molecule has 1 aliphatic heterocycles. The first-order valence-corrected chi connectivity index (χ1v) is 7.74. The average molecular weight is 320 g/mol. The molecule has 0 aliphatic carbocycles. The molecule has 1 aromatic carbocycles. The maximum atomic E-state index is 10.6. The van der Waals surface area contributed by atoms with E-state index in [0.717, 1.165) is 37.1 Å². The van der Waals surface area contributed by atoms with Crippen molar-refractivity contribution < 1.29 is 9.90 Å². The number of halogens is 1. The number of hydrogen-bond acceptors (Lipinski definition) is 4. The lowest BCUT2D eigenvalue weighted by atomic mass is 10.1. The third-order valence-electron chi connectivity index (χ3n) is 4.04. The quantitative estimate of drug-likeness (QED) is 0.938. The minimum atomic E-state index is -0.737. The molecule has 6 heteroatoms. The Morgan fingerprint density at radius 2 is 2.00 bits per heavy atom. The van der Waals surface area contributed by atoms with Gasteiger partial charge in [-0.25, -0.2) is 0 Å². The number of benzene rings is 1. The molecule has 0 bridgehead atoms. The zero-order chi connectivity index (χ0) is 15.5. The Morgan fingerprint density at radius 3 is 2.73 bits per heavy atom. The zero-order valence-corrected chi connectivity index (χ0v) is 13.0. The molecule has 2 heterocycles. The van der Waals surface area contributed by atoms with Crippen molar-refractivity contribution in [2.24, 2.45) is 0 Å². The fourth-order valence-electron chi connectivity index (χ4n) is 2.85. The highest BCUT2D eigenvalue weighted by molar-refractivity contribution is 6.31. The van der Waals surface area contributed by atoms with Crippen molar-refractivity contribution in [1.29, 1.82) is 0 Å². The van der Waals surface area contributed by atoms with E-state index in [1.54, 1.807) is 0 Å². The Hall–Kier alpha value is -1.85. The molecule has 5 nitrogen and oxygen atoms in total. The zero-order valence-electron chi connectivity index (χ0n) is 12.2. The van der Waals surface area contributed by atoms with E-state index < -0.39 is 5.97 Å². The molecule has 0 unspecified atom stereocenters. The van der Waals surface area contributed by atoms with Gasteiger partial charge in [-0.15, -0.1) is 0 Å². The number of anilines is 1. The number of nitrogens with zero attached hydrogens (tertiary/aromatic N) is 3. The number of rotatable bonds is 4. The van der Waals surface area contributed by atoms with Crippen LogP contribution in [0.15, 0.2) is 30.5 Å². The van der Waals surface area contributed by atoms with Crippen LogP contribution in [-0.4, -0.2) is 53.7 Å². The van der Waals surface area contributed by atoms with Crippen LogP contribution in [-0.2, 0) is 4.79 Å². The van der Waals surface area contributed by atoms with Gasteiger partial charge in [-0.3, -0.25) is 14.7 Å². The van der Waals surface area contributed by atoms with Gasteiger partial charge in [0.1, 0.15) is 0 Å². The summed E-state index contributed by atoms with van der Waals surface area (Å²) < 4.78 is 0. The summed E-state index contributed by atoms with van der Waals surface area (Å²) in [4.78, 5) is 19.5. The number of aromatic nitrogens is 1. The number of piperazine rings is 1. The summed E-state index contributed by atoms with van der Waals surface area (Å²) >= 11 is 6.03. The van der Waals surface area contributed by atoms with Crippen molar-refractivity contribution in [3.05, 3.63) is 35.5 Å². The van der Waals surface area contributed by atoms with Gasteiger partial charge >= 0.3 is 5.97 Å². The van der Waals surface area contributed by atoms with E-state index in [2.05, 4.69) is 14.8 Å². The summed E-state index contributed by atoms with van der Waals surface area (Å²) in [6, 6.07) is 7.81. The monoisotopic (exact) mass is 319 g/mol. The first-order valence-electron chi connectivity index (χ1n) is 7.37. The van der Waals surface area contributed by atoms with Crippen molar-refractivity contribution in [2.45, 2.75) is 6.42 Å². The topological polar surface area (TPSA) is 56.7 Å². The smallest absolute Gasteiger partial charge is 0.304 e. The van der Waals surface area contributed by atoms with Crippen LogP contribution in [0.1, 0.15) is 6.42 Å². The van der Waals surface area contributed by atoms with Crippen LogP contribution in [0.2, 0.25) is 5.02 Å². The lowest BCUT2D eigenvalue weighted by Crippen LogP contribution is -2.47. The Balaban J connectivity index is 1.72. The van der Waals surface area contributed by atoms with E-state index in [1.165, 1.54) is 5.69 Å². The van der Waals surface area contributed by atoms with Gasteiger partial charge in [-0.1, -0.05) is 11.6 Å². The summed E-state index contributed by atoms with van der Waals surface area (Å²) in [5.41, 5.74) is 2.07. The van der Waals surface area contributed by atoms with Crippen molar-refractivity contribution in [1.82, 2.24) is 9.88 Å². The Morgan fingerprint density at radius 1 is 1.23 bits per heavy atom. The molecule has 2 aromatic rings. The van der Waals surface area contributed by atoms with Crippen molar-refractivity contribution in [2.75, 3.05) is 37.6 Å². The summed E-state index contributed by atoms with van der Waals surface area (Å²) in [6.45, 7) is 4.16. The number of carboxylic acid groups (broad SMARTS) is 1. The number of carbonyl (C=O) groups is 1. The molecule has 1 aliphatic rings. The van der Waals surface area contributed by atoms with Gasteiger partial charge in [0.15, 0.2) is 0 Å².